The molecule has 118 valence electrons. The average Bonchev–Trinajstić information content (AvgIpc) is 2.59. The maximum atomic E-state index is 12.0. The standard InChI is InChI=1S/C17H17N3O3/c1-11-17(22)20(2)14-9-12(6-7-15(14)23-11)10-19-16(21)13-5-3-4-8-18-13/h3-9,11H,10H2,1-2H3,(H,19,21). The molecule has 2 amide bonds. The summed E-state index contributed by atoms with van der Waals surface area (Å²) >= 11 is 0. The minimum Gasteiger partial charge on any atom is -0.479 e. The average molecular weight is 311 g/mol. The van der Waals surface area contributed by atoms with Gasteiger partial charge in [0.05, 0.1) is 5.69 Å². The van der Waals surface area contributed by atoms with E-state index < -0.39 is 6.10 Å². The third-order valence-electron chi connectivity index (χ3n) is 3.72. The minimum atomic E-state index is -0.484. The van der Waals surface area contributed by atoms with Crippen LogP contribution in [-0.4, -0.2) is 29.9 Å². The Labute approximate surface area is 134 Å². The highest BCUT2D eigenvalue weighted by Gasteiger charge is 2.28. The Balaban J connectivity index is 1.73. The molecule has 1 aliphatic rings. The number of hydrogen-bond donors (Lipinski definition) is 1. The van der Waals surface area contributed by atoms with Gasteiger partial charge in [0.1, 0.15) is 11.4 Å². The first-order chi connectivity index (χ1) is 11.1. The number of amides is 2. The number of hydrogen-bond acceptors (Lipinski definition) is 4. The molecular weight excluding hydrogens is 294 g/mol. The number of fused-ring (bicyclic) bond motifs is 1. The van der Waals surface area contributed by atoms with Crippen LogP contribution in [0.2, 0.25) is 0 Å². The Kier molecular flexibility index (Phi) is 3.97. The van der Waals surface area contributed by atoms with Crippen LogP contribution in [0.15, 0.2) is 42.6 Å². The van der Waals surface area contributed by atoms with E-state index >= 15 is 0 Å². The van der Waals surface area contributed by atoms with Crippen LogP contribution in [-0.2, 0) is 11.3 Å². The van der Waals surface area contributed by atoms with Crippen molar-refractivity contribution in [2.45, 2.75) is 19.6 Å². The summed E-state index contributed by atoms with van der Waals surface area (Å²) in [6.45, 7) is 2.07. The molecule has 0 radical (unpaired) electrons. The maximum absolute atomic E-state index is 12.0. The second-order valence-electron chi connectivity index (χ2n) is 5.36. The fraction of sp³-hybridized carbons (Fsp3) is 0.235. The summed E-state index contributed by atoms with van der Waals surface area (Å²) in [5, 5.41) is 2.81. The van der Waals surface area contributed by atoms with E-state index in [1.54, 1.807) is 43.3 Å². The summed E-state index contributed by atoms with van der Waals surface area (Å²) in [5.41, 5.74) is 1.96. The first-order valence-corrected chi connectivity index (χ1v) is 7.32. The van der Waals surface area contributed by atoms with Gasteiger partial charge in [-0.25, -0.2) is 0 Å². The Morgan fingerprint density at radius 2 is 2.17 bits per heavy atom. The van der Waals surface area contributed by atoms with Crippen LogP contribution >= 0.6 is 0 Å². The van der Waals surface area contributed by atoms with Crippen molar-refractivity contribution in [3.05, 3.63) is 53.9 Å². The lowest BCUT2D eigenvalue weighted by Gasteiger charge is -2.30. The van der Waals surface area contributed by atoms with Crippen LogP contribution in [0, 0.1) is 0 Å². The van der Waals surface area contributed by atoms with Crippen molar-refractivity contribution in [2.75, 3.05) is 11.9 Å². The molecule has 23 heavy (non-hydrogen) atoms. The van der Waals surface area contributed by atoms with Crippen LogP contribution in [0.5, 0.6) is 5.75 Å². The number of nitrogens with zero attached hydrogens (tertiary/aromatic N) is 2. The third kappa shape index (κ3) is 3.01. The molecule has 1 N–H and O–H groups in total. The SMILES string of the molecule is CC1Oc2ccc(CNC(=O)c3ccccn3)cc2N(C)C1=O. The molecule has 1 aromatic carbocycles. The van der Waals surface area contributed by atoms with E-state index in [2.05, 4.69) is 10.3 Å². The highest BCUT2D eigenvalue weighted by atomic mass is 16.5. The molecule has 2 heterocycles. The molecule has 0 fully saturated rings. The number of ether oxygens (including phenoxy) is 1. The second kappa shape index (κ2) is 6.08. The summed E-state index contributed by atoms with van der Waals surface area (Å²) < 4.78 is 5.58. The van der Waals surface area contributed by atoms with E-state index in [1.165, 1.54) is 0 Å². The predicted octanol–water partition coefficient (Wildman–Crippen LogP) is 1.76. The molecule has 0 spiro atoms. The fourth-order valence-corrected chi connectivity index (χ4v) is 2.44. The van der Waals surface area contributed by atoms with E-state index in [0.717, 1.165) is 5.56 Å². The maximum Gasteiger partial charge on any atom is 0.270 e. The van der Waals surface area contributed by atoms with Gasteiger partial charge in [-0.05, 0) is 36.8 Å². The van der Waals surface area contributed by atoms with Crippen molar-refractivity contribution in [1.82, 2.24) is 10.3 Å². The van der Waals surface area contributed by atoms with Crippen molar-refractivity contribution in [3.63, 3.8) is 0 Å². The number of aromatic nitrogens is 1. The van der Waals surface area contributed by atoms with Gasteiger partial charge in [-0.15, -0.1) is 0 Å². The van der Waals surface area contributed by atoms with E-state index in [0.29, 0.717) is 23.7 Å². The van der Waals surface area contributed by atoms with Gasteiger partial charge in [0.2, 0.25) is 0 Å². The van der Waals surface area contributed by atoms with Gasteiger partial charge >= 0.3 is 0 Å². The molecule has 1 aliphatic heterocycles. The Bertz CT molecular complexity index is 746. The fourth-order valence-electron chi connectivity index (χ4n) is 2.44. The monoisotopic (exact) mass is 311 g/mol. The highest BCUT2D eigenvalue weighted by molar-refractivity contribution is 5.99. The first kappa shape index (κ1) is 15.0. The van der Waals surface area contributed by atoms with Gasteiger partial charge in [-0.3, -0.25) is 14.6 Å². The summed E-state index contributed by atoms with van der Waals surface area (Å²) in [6, 6.07) is 10.7. The smallest absolute Gasteiger partial charge is 0.270 e. The molecule has 6 heteroatoms. The number of rotatable bonds is 3. The molecule has 3 rings (SSSR count). The third-order valence-corrected chi connectivity index (χ3v) is 3.72. The summed E-state index contributed by atoms with van der Waals surface area (Å²) in [6.07, 6.45) is 1.09. The van der Waals surface area contributed by atoms with Crippen molar-refractivity contribution < 1.29 is 14.3 Å². The van der Waals surface area contributed by atoms with Crippen molar-refractivity contribution in [3.8, 4) is 5.75 Å². The Morgan fingerprint density at radius 1 is 1.35 bits per heavy atom. The van der Waals surface area contributed by atoms with Gasteiger partial charge in [-0.1, -0.05) is 12.1 Å². The van der Waals surface area contributed by atoms with Crippen LogP contribution < -0.4 is 15.0 Å². The second-order valence-corrected chi connectivity index (χ2v) is 5.36. The number of carbonyl (C=O) groups is 2. The van der Waals surface area contributed by atoms with E-state index in [1.807, 2.05) is 18.2 Å². The lowest BCUT2D eigenvalue weighted by molar-refractivity contribution is -0.125. The zero-order valence-electron chi connectivity index (χ0n) is 12.9. The first-order valence-electron chi connectivity index (χ1n) is 7.32. The van der Waals surface area contributed by atoms with Crippen LogP contribution in [0.1, 0.15) is 23.0 Å². The molecule has 0 bridgehead atoms. The topological polar surface area (TPSA) is 71.5 Å². The normalized spacial score (nSPS) is 16.5. The Hall–Kier alpha value is -2.89. The van der Waals surface area contributed by atoms with E-state index in [-0.39, 0.29) is 11.8 Å². The number of anilines is 1. The Morgan fingerprint density at radius 3 is 2.91 bits per heavy atom. The molecule has 1 aromatic heterocycles. The zero-order valence-corrected chi connectivity index (χ0v) is 12.9. The van der Waals surface area contributed by atoms with Crippen molar-refractivity contribution in [1.29, 1.82) is 0 Å². The number of nitrogens with one attached hydrogen (secondary N) is 1. The van der Waals surface area contributed by atoms with Crippen molar-refractivity contribution >= 4 is 17.5 Å². The molecule has 0 saturated carbocycles. The summed E-state index contributed by atoms with van der Waals surface area (Å²) in [5.74, 6) is 0.337. The van der Waals surface area contributed by atoms with Crippen molar-refractivity contribution in [2.24, 2.45) is 0 Å². The quantitative estimate of drug-likeness (QED) is 0.937. The molecule has 2 aromatic rings. The zero-order chi connectivity index (χ0) is 16.4. The van der Waals surface area contributed by atoms with Crippen LogP contribution in [0.25, 0.3) is 0 Å². The predicted molar refractivity (Wildman–Crippen MR) is 85.3 cm³/mol. The molecule has 1 unspecified atom stereocenters. The van der Waals surface area contributed by atoms with Crippen LogP contribution in [0.4, 0.5) is 5.69 Å². The van der Waals surface area contributed by atoms with E-state index in [9.17, 15) is 9.59 Å². The number of benzene rings is 1. The molecule has 1 atom stereocenters. The van der Waals surface area contributed by atoms with Gasteiger partial charge < -0.3 is 15.0 Å². The lowest BCUT2D eigenvalue weighted by atomic mass is 10.1. The number of carbonyl (C=O) groups excluding carboxylic acids is 2. The number of likely N-dealkylation sites (N-methyl/N-ethyl adjacent to an activating group) is 1. The largest absolute Gasteiger partial charge is 0.479 e. The van der Waals surface area contributed by atoms with Crippen LogP contribution in [0.3, 0.4) is 0 Å². The van der Waals surface area contributed by atoms with E-state index in [4.69, 9.17) is 4.74 Å². The molecule has 6 nitrogen and oxygen atoms in total. The molecule has 0 aliphatic carbocycles. The minimum absolute atomic E-state index is 0.0906. The summed E-state index contributed by atoms with van der Waals surface area (Å²) in [7, 11) is 1.72. The number of pyridine rings is 1. The van der Waals surface area contributed by atoms with Gasteiger partial charge in [0.25, 0.3) is 11.8 Å². The molecule has 0 saturated heterocycles. The van der Waals surface area contributed by atoms with Gasteiger partial charge in [0, 0.05) is 19.8 Å². The molecular formula is C17H17N3O3. The lowest BCUT2D eigenvalue weighted by Crippen LogP contribution is -2.42. The summed E-state index contributed by atoms with van der Waals surface area (Å²) in [4.78, 5) is 29.6. The van der Waals surface area contributed by atoms with Gasteiger partial charge in [0.15, 0.2) is 6.10 Å². The van der Waals surface area contributed by atoms with Gasteiger partial charge in [-0.2, -0.15) is 0 Å². The highest BCUT2D eigenvalue weighted by Crippen LogP contribution is 2.33.